The molecule has 0 bridgehead atoms. The van der Waals surface area contributed by atoms with Crippen LogP contribution in [0.2, 0.25) is 0 Å². The molecule has 0 aliphatic carbocycles. The molecule has 8 nitrogen and oxygen atoms in total. The number of amides is 1. The Morgan fingerprint density at radius 1 is 1.39 bits per heavy atom. The van der Waals surface area contributed by atoms with Crippen LogP contribution in [0.5, 0.6) is 0 Å². The molecule has 2 unspecified atom stereocenters. The second kappa shape index (κ2) is 10.1. The fraction of sp³-hybridized carbons (Fsp3) is 0.636. The van der Waals surface area contributed by atoms with Gasteiger partial charge in [0.1, 0.15) is 5.82 Å². The van der Waals surface area contributed by atoms with Crippen LogP contribution < -0.4 is 5.32 Å². The second-order valence-electron chi connectivity index (χ2n) is 8.38. The van der Waals surface area contributed by atoms with E-state index < -0.39 is 10.0 Å². The molecule has 0 spiro atoms. The van der Waals surface area contributed by atoms with Gasteiger partial charge in [0.15, 0.2) is 0 Å². The summed E-state index contributed by atoms with van der Waals surface area (Å²) in [5.41, 5.74) is 1.54. The van der Waals surface area contributed by atoms with Crippen LogP contribution in [0.3, 0.4) is 0 Å². The molecule has 1 saturated heterocycles. The van der Waals surface area contributed by atoms with Crippen molar-refractivity contribution in [2.45, 2.75) is 76.0 Å². The van der Waals surface area contributed by atoms with E-state index in [-0.39, 0.29) is 22.9 Å². The maximum atomic E-state index is 12.5. The van der Waals surface area contributed by atoms with Crippen molar-refractivity contribution in [3.8, 4) is 0 Å². The maximum absolute atomic E-state index is 12.5. The largest absolute Gasteiger partial charge is 0.376 e. The number of carbonyl (C=O) groups is 1. The fourth-order valence-electron chi connectivity index (χ4n) is 3.93. The minimum absolute atomic E-state index is 0.00675. The number of rotatable bonds is 10. The number of hydrogen-bond donors (Lipinski definition) is 1. The summed E-state index contributed by atoms with van der Waals surface area (Å²) < 4.78 is 34.0. The van der Waals surface area contributed by atoms with Gasteiger partial charge in [-0.15, -0.1) is 0 Å². The Balaban J connectivity index is 1.78. The lowest BCUT2D eigenvalue weighted by Gasteiger charge is -2.20. The minimum atomic E-state index is -3.53. The van der Waals surface area contributed by atoms with Gasteiger partial charge in [-0.25, -0.2) is 17.7 Å². The van der Waals surface area contributed by atoms with Crippen molar-refractivity contribution < 1.29 is 17.9 Å². The Labute approximate surface area is 185 Å². The van der Waals surface area contributed by atoms with E-state index in [9.17, 15) is 13.2 Å². The van der Waals surface area contributed by atoms with Gasteiger partial charge in [0.05, 0.1) is 28.1 Å². The van der Waals surface area contributed by atoms with Crippen molar-refractivity contribution in [1.29, 1.82) is 0 Å². The third-order valence-electron chi connectivity index (χ3n) is 5.80. The SMILES string of the molecule is CCCCn1c(CCC(=O)NC(C)C2CCCO2)nc2cc(S(=O)(=O)N(C)C)ccc21. The van der Waals surface area contributed by atoms with E-state index >= 15 is 0 Å². The van der Waals surface area contributed by atoms with Crippen LogP contribution in [0.4, 0.5) is 0 Å². The van der Waals surface area contributed by atoms with E-state index in [1.165, 1.54) is 18.4 Å². The van der Waals surface area contributed by atoms with Crippen LogP contribution in [-0.4, -0.2) is 61.0 Å². The third-order valence-corrected chi connectivity index (χ3v) is 7.61. The van der Waals surface area contributed by atoms with Crippen LogP contribution in [0.15, 0.2) is 23.1 Å². The standard InChI is InChI=1S/C22H34N4O4S/c1-5-6-13-26-19-10-9-17(31(28,29)25(3)4)15-18(19)24-21(26)11-12-22(27)23-16(2)20-8-7-14-30-20/h9-10,15-16,20H,5-8,11-14H2,1-4H3,(H,23,27). The predicted molar refractivity (Wildman–Crippen MR) is 120 cm³/mol. The average Bonchev–Trinajstić information content (AvgIpc) is 3.38. The molecule has 1 aliphatic heterocycles. The molecule has 2 atom stereocenters. The zero-order chi connectivity index (χ0) is 22.6. The molecule has 3 rings (SSSR count). The minimum Gasteiger partial charge on any atom is -0.376 e. The zero-order valence-electron chi connectivity index (χ0n) is 18.9. The van der Waals surface area contributed by atoms with E-state index in [1.807, 2.05) is 13.0 Å². The average molecular weight is 451 g/mol. The van der Waals surface area contributed by atoms with Crippen LogP contribution in [0, 0.1) is 0 Å². The molecular weight excluding hydrogens is 416 g/mol. The summed E-state index contributed by atoms with van der Waals surface area (Å²) in [6, 6.07) is 5.06. The number of carbonyl (C=O) groups excluding carboxylic acids is 1. The normalized spacial score (nSPS) is 18.0. The molecule has 0 radical (unpaired) electrons. The highest BCUT2D eigenvalue weighted by atomic mass is 32.2. The van der Waals surface area contributed by atoms with E-state index in [0.717, 1.165) is 50.2 Å². The predicted octanol–water partition coefficient (Wildman–Crippen LogP) is 2.70. The highest BCUT2D eigenvalue weighted by Gasteiger charge is 2.24. The number of benzene rings is 1. The number of hydrogen-bond acceptors (Lipinski definition) is 5. The molecule has 1 amide bonds. The summed E-state index contributed by atoms with van der Waals surface area (Å²) in [5.74, 6) is 0.788. The van der Waals surface area contributed by atoms with Gasteiger partial charge in [0, 0.05) is 40.1 Å². The van der Waals surface area contributed by atoms with Gasteiger partial charge in [0.25, 0.3) is 0 Å². The number of ether oxygens (including phenoxy) is 1. The summed E-state index contributed by atoms with van der Waals surface area (Å²) in [7, 11) is -0.498. The molecule has 1 aromatic heterocycles. The van der Waals surface area contributed by atoms with Crippen molar-refractivity contribution in [1.82, 2.24) is 19.2 Å². The van der Waals surface area contributed by atoms with Crippen molar-refractivity contribution in [3.05, 3.63) is 24.0 Å². The molecule has 1 N–H and O–H groups in total. The van der Waals surface area contributed by atoms with Crippen LogP contribution in [0.25, 0.3) is 11.0 Å². The van der Waals surface area contributed by atoms with Crippen LogP contribution in [0.1, 0.15) is 51.8 Å². The molecule has 1 fully saturated rings. The molecule has 172 valence electrons. The van der Waals surface area contributed by atoms with Gasteiger partial charge in [-0.3, -0.25) is 4.79 Å². The first kappa shape index (κ1) is 23.7. The number of imidazole rings is 1. The van der Waals surface area contributed by atoms with E-state index in [1.54, 1.807) is 12.1 Å². The number of nitrogens with zero attached hydrogens (tertiary/aromatic N) is 3. The Morgan fingerprint density at radius 2 is 2.16 bits per heavy atom. The number of unbranched alkanes of at least 4 members (excludes halogenated alkanes) is 1. The summed E-state index contributed by atoms with van der Waals surface area (Å²) in [6.07, 6.45) is 4.96. The van der Waals surface area contributed by atoms with Gasteiger partial charge in [-0.2, -0.15) is 0 Å². The smallest absolute Gasteiger partial charge is 0.242 e. The highest BCUT2D eigenvalue weighted by molar-refractivity contribution is 7.89. The lowest BCUT2D eigenvalue weighted by molar-refractivity contribution is -0.122. The number of fused-ring (bicyclic) bond motifs is 1. The molecule has 9 heteroatoms. The fourth-order valence-corrected chi connectivity index (χ4v) is 4.85. The number of aryl methyl sites for hydroxylation is 2. The van der Waals surface area contributed by atoms with Gasteiger partial charge in [-0.1, -0.05) is 13.3 Å². The molecule has 1 aliphatic rings. The highest BCUT2D eigenvalue weighted by Crippen LogP contribution is 2.23. The molecular formula is C22H34N4O4S. The molecule has 2 aromatic rings. The quantitative estimate of drug-likeness (QED) is 0.601. The zero-order valence-corrected chi connectivity index (χ0v) is 19.7. The first-order chi connectivity index (χ1) is 14.7. The Hall–Kier alpha value is -1.97. The van der Waals surface area contributed by atoms with Crippen molar-refractivity contribution in [2.75, 3.05) is 20.7 Å². The number of sulfonamides is 1. The first-order valence-corrected chi connectivity index (χ1v) is 12.5. The van der Waals surface area contributed by atoms with Gasteiger partial charge < -0.3 is 14.6 Å². The third kappa shape index (κ3) is 5.45. The number of aromatic nitrogens is 2. The lowest BCUT2D eigenvalue weighted by Crippen LogP contribution is -2.40. The van der Waals surface area contributed by atoms with Gasteiger partial charge >= 0.3 is 0 Å². The lowest BCUT2D eigenvalue weighted by atomic mass is 10.1. The monoisotopic (exact) mass is 450 g/mol. The van der Waals surface area contributed by atoms with E-state index in [0.29, 0.717) is 18.4 Å². The maximum Gasteiger partial charge on any atom is 0.242 e. The summed E-state index contributed by atoms with van der Waals surface area (Å²) in [4.78, 5) is 17.4. The summed E-state index contributed by atoms with van der Waals surface area (Å²) >= 11 is 0. The topological polar surface area (TPSA) is 93.5 Å². The van der Waals surface area contributed by atoms with Crippen molar-refractivity contribution in [2.24, 2.45) is 0 Å². The van der Waals surface area contributed by atoms with Crippen LogP contribution >= 0.6 is 0 Å². The summed E-state index contributed by atoms with van der Waals surface area (Å²) in [6.45, 7) is 5.66. The molecule has 31 heavy (non-hydrogen) atoms. The Bertz CT molecular complexity index is 1010. The van der Waals surface area contributed by atoms with E-state index in [2.05, 4.69) is 16.8 Å². The molecule has 1 aromatic carbocycles. The Morgan fingerprint density at radius 3 is 2.81 bits per heavy atom. The summed E-state index contributed by atoms with van der Waals surface area (Å²) in [5, 5.41) is 3.04. The van der Waals surface area contributed by atoms with E-state index in [4.69, 9.17) is 9.72 Å². The van der Waals surface area contributed by atoms with Crippen LogP contribution in [-0.2, 0) is 32.5 Å². The second-order valence-corrected chi connectivity index (χ2v) is 10.5. The first-order valence-electron chi connectivity index (χ1n) is 11.1. The van der Waals surface area contributed by atoms with Gasteiger partial charge in [0.2, 0.25) is 15.9 Å². The number of nitrogens with one attached hydrogen (secondary N) is 1. The Kier molecular flexibility index (Phi) is 7.72. The van der Waals surface area contributed by atoms with Gasteiger partial charge in [-0.05, 0) is 44.4 Å². The van der Waals surface area contributed by atoms with Crippen molar-refractivity contribution in [3.63, 3.8) is 0 Å². The molecule has 2 heterocycles. The van der Waals surface area contributed by atoms with Crippen molar-refractivity contribution >= 4 is 27.0 Å². The molecule has 0 saturated carbocycles.